The molecule has 0 aliphatic carbocycles. The zero-order valence-electron chi connectivity index (χ0n) is 8.68. The summed E-state index contributed by atoms with van der Waals surface area (Å²) in [5.41, 5.74) is 6.00. The van der Waals surface area contributed by atoms with Gasteiger partial charge in [0.15, 0.2) is 0 Å². The molecule has 4 heteroatoms. The van der Waals surface area contributed by atoms with Crippen LogP contribution < -0.4 is 5.73 Å². The summed E-state index contributed by atoms with van der Waals surface area (Å²) < 4.78 is 0. The highest BCUT2D eigenvalue weighted by molar-refractivity contribution is 7.09. The fourth-order valence-electron chi connectivity index (χ4n) is 1.94. The Balaban J connectivity index is 2.03. The standard InChI is InChI=1S/C10H17N3S/c1-7-5-13(6-9(7)11)8(2)10-12-3-4-14-10/h3-4,7-9H,5-6,11H2,1-2H3. The molecule has 1 aromatic rings. The van der Waals surface area contributed by atoms with Crippen molar-refractivity contribution in [1.82, 2.24) is 9.88 Å². The average Bonchev–Trinajstić information content (AvgIpc) is 2.76. The van der Waals surface area contributed by atoms with Crippen molar-refractivity contribution in [2.24, 2.45) is 11.7 Å². The van der Waals surface area contributed by atoms with E-state index in [1.165, 1.54) is 5.01 Å². The first-order chi connectivity index (χ1) is 6.68. The molecule has 2 heterocycles. The number of thiazole rings is 1. The predicted octanol–water partition coefficient (Wildman–Crippen LogP) is 1.48. The van der Waals surface area contributed by atoms with Gasteiger partial charge in [-0.15, -0.1) is 11.3 Å². The molecule has 3 nitrogen and oxygen atoms in total. The molecule has 0 saturated carbocycles. The molecule has 14 heavy (non-hydrogen) atoms. The van der Waals surface area contributed by atoms with Crippen LogP contribution in [0.1, 0.15) is 24.9 Å². The van der Waals surface area contributed by atoms with Gasteiger partial charge in [-0.25, -0.2) is 4.98 Å². The molecular weight excluding hydrogens is 194 g/mol. The Bertz CT molecular complexity index is 276. The van der Waals surface area contributed by atoms with Gasteiger partial charge < -0.3 is 5.73 Å². The molecule has 0 amide bonds. The normalized spacial score (nSPS) is 30.8. The van der Waals surface area contributed by atoms with Crippen molar-refractivity contribution in [3.63, 3.8) is 0 Å². The van der Waals surface area contributed by atoms with Crippen molar-refractivity contribution in [3.8, 4) is 0 Å². The van der Waals surface area contributed by atoms with E-state index in [9.17, 15) is 0 Å². The van der Waals surface area contributed by atoms with Gasteiger partial charge in [0.25, 0.3) is 0 Å². The summed E-state index contributed by atoms with van der Waals surface area (Å²) in [5, 5.41) is 3.23. The monoisotopic (exact) mass is 211 g/mol. The highest BCUT2D eigenvalue weighted by atomic mass is 32.1. The van der Waals surface area contributed by atoms with E-state index >= 15 is 0 Å². The molecule has 1 fully saturated rings. The predicted molar refractivity (Wildman–Crippen MR) is 59.2 cm³/mol. The molecule has 2 N–H and O–H groups in total. The van der Waals surface area contributed by atoms with Crippen molar-refractivity contribution >= 4 is 11.3 Å². The van der Waals surface area contributed by atoms with Gasteiger partial charge in [0.1, 0.15) is 5.01 Å². The Kier molecular flexibility index (Phi) is 2.85. The van der Waals surface area contributed by atoms with E-state index in [4.69, 9.17) is 5.73 Å². The molecule has 0 spiro atoms. The van der Waals surface area contributed by atoms with Crippen molar-refractivity contribution in [2.45, 2.75) is 25.9 Å². The number of nitrogens with zero attached hydrogens (tertiary/aromatic N) is 2. The van der Waals surface area contributed by atoms with E-state index in [-0.39, 0.29) is 0 Å². The molecule has 1 saturated heterocycles. The molecule has 0 radical (unpaired) electrons. The topological polar surface area (TPSA) is 42.2 Å². The molecule has 0 bridgehead atoms. The van der Waals surface area contributed by atoms with Crippen LogP contribution in [0.4, 0.5) is 0 Å². The summed E-state index contributed by atoms with van der Waals surface area (Å²) >= 11 is 1.73. The zero-order valence-corrected chi connectivity index (χ0v) is 9.50. The minimum atomic E-state index is 0.331. The summed E-state index contributed by atoms with van der Waals surface area (Å²) in [6.07, 6.45) is 1.87. The van der Waals surface area contributed by atoms with Gasteiger partial charge >= 0.3 is 0 Å². The zero-order chi connectivity index (χ0) is 10.1. The van der Waals surface area contributed by atoms with E-state index in [2.05, 4.69) is 23.7 Å². The van der Waals surface area contributed by atoms with Gasteiger partial charge in [0, 0.05) is 30.7 Å². The minimum Gasteiger partial charge on any atom is -0.326 e. The lowest BCUT2D eigenvalue weighted by atomic mass is 10.1. The van der Waals surface area contributed by atoms with Gasteiger partial charge in [-0.3, -0.25) is 4.90 Å². The van der Waals surface area contributed by atoms with Crippen LogP contribution in [-0.4, -0.2) is 29.0 Å². The van der Waals surface area contributed by atoms with E-state index in [0.717, 1.165) is 13.1 Å². The van der Waals surface area contributed by atoms with Crippen LogP contribution in [0.25, 0.3) is 0 Å². The molecule has 2 rings (SSSR count). The van der Waals surface area contributed by atoms with E-state index < -0.39 is 0 Å². The molecular formula is C10H17N3S. The molecule has 1 aromatic heterocycles. The number of nitrogens with two attached hydrogens (primary N) is 1. The lowest BCUT2D eigenvalue weighted by Crippen LogP contribution is -2.29. The number of rotatable bonds is 2. The van der Waals surface area contributed by atoms with Crippen molar-refractivity contribution in [2.75, 3.05) is 13.1 Å². The lowest BCUT2D eigenvalue weighted by Gasteiger charge is -2.21. The van der Waals surface area contributed by atoms with Gasteiger partial charge in [-0.1, -0.05) is 6.92 Å². The van der Waals surface area contributed by atoms with Crippen molar-refractivity contribution in [3.05, 3.63) is 16.6 Å². The summed E-state index contributed by atoms with van der Waals surface area (Å²) in [5.74, 6) is 0.609. The van der Waals surface area contributed by atoms with Gasteiger partial charge in [0.2, 0.25) is 0 Å². The number of hydrogen-bond acceptors (Lipinski definition) is 4. The van der Waals surface area contributed by atoms with E-state index in [1.807, 2.05) is 11.6 Å². The Morgan fingerprint density at radius 2 is 2.43 bits per heavy atom. The number of hydrogen-bond donors (Lipinski definition) is 1. The SMILES string of the molecule is CC1CN(C(C)c2nccs2)CC1N. The Labute approximate surface area is 88.9 Å². The highest BCUT2D eigenvalue weighted by Crippen LogP contribution is 2.27. The second-order valence-corrected chi connectivity index (χ2v) is 5.07. The minimum absolute atomic E-state index is 0.331. The first-order valence-corrected chi connectivity index (χ1v) is 5.95. The smallest absolute Gasteiger partial charge is 0.109 e. The second kappa shape index (κ2) is 3.96. The van der Waals surface area contributed by atoms with Crippen LogP contribution >= 0.6 is 11.3 Å². The third-order valence-electron chi connectivity index (χ3n) is 3.06. The second-order valence-electron chi connectivity index (χ2n) is 4.14. The summed E-state index contributed by atoms with van der Waals surface area (Å²) in [7, 11) is 0. The molecule has 3 atom stereocenters. The first kappa shape index (κ1) is 10.1. The Morgan fingerprint density at radius 1 is 1.64 bits per heavy atom. The fraction of sp³-hybridized carbons (Fsp3) is 0.700. The van der Waals surface area contributed by atoms with Crippen molar-refractivity contribution < 1.29 is 0 Å². The van der Waals surface area contributed by atoms with Crippen LogP contribution in [0.3, 0.4) is 0 Å². The molecule has 0 aromatic carbocycles. The molecule has 1 aliphatic heterocycles. The van der Waals surface area contributed by atoms with Gasteiger partial charge in [-0.2, -0.15) is 0 Å². The maximum absolute atomic E-state index is 6.00. The van der Waals surface area contributed by atoms with Crippen LogP contribution in [0.5, 0.6) is 0 Å². The van der Waals surface area contributed by atoms with Crippen LogP contribution in [0.2, 0.25) is 0 Å². The van der Waals surface area contributed by atoms with E-state index in [1.54, 1.807) is 11.3 Å². The van der Waals surface area contributed by atoms with Crippen LogP contribution in [-0.2, 0) is 0 Å². The van der Waals surface area contributed by atoms with Gasteiger partial charge in [0.05, 0.1) is 6.04 Å². The third kappa shape index (κ3) is 1.82. The summed E-state index contributed by atoms with van der Waals surface area (Å²) in [6.45, 7) is 6.53. The van der Waals surface area contributed by atoms with E-state index in [0.29, 0.717) is 18.0 Å². The number of aromatic nitrogens is 1. The lowest BCUT2D eigenvalue weighted by molar-refractivity contribution is 0.253. The Hall–Kier alpha value is -0.450. The summed E-state index contributed by atoms with van der Waals surface area (Å²) in [4.78, 5) is 6.77. The molecule has 78 valence electrons. The third-order valence-corrected chi connectivity index (χ3v) is 4.00. The quantitative estimate of drug-likeness (QED) is 0.805. The summed E-state index contributed by atoms with van der Waals surface area (Å²) in [6, 6.07) is 0.753. The van der Waals surface area contributed by atoms with Crippen molar-refractivity contribution in [1.29, 1.82) is 0 Å². The molecule has 1 aliphatic rings. The van der Waals surface area contributed by atoms with Gasteiger partial charge in [-0.05, 0) is 12.8 Å². The highest BCUT2D eigenvalue weighted by Gasteiger charge is 2.30. The van der Waals surface area contributed by atoms with Crippen LogP contribution in [0.15, 0.2) is 11.6 Å². The average molecular weight is 211 g/mol. The maximum atomic E-state index is 6.00. The van der Waals surface area contributed by atoms with Crippen LogP contribution in [0, 0.1) is 5.92 Å². The first-order valence-electron chi connectivity index (χ1n) is 5.07. The fourth-order valence-corrected chi connectivity index (χ4v) is 2.67. The molecule has 3 unspecified atom stereocenters. The Morgan fingerprint density at radius 3 is 2.93 bits per heavy atom. The number of likely N-dealkylation sites (tertiary alicyclic amines) is 1. The largest absolute Gasteiger partial charge is 0.326 e. The maximum Gasteiger partial charge on any atom is 0.109 e.